The second kappa shape index (κ2) is 5.13. The number of benzene rings is 1. The molecule has 108 valence electrons. The molecule has 0 aromatic heterocycles. The molecule has 21 heavy (non-hydrogen) atoms. The molecule has 5 heteroatoms. The molecule has 1 saturated carbocycles. The van der Waals surface area contributed by atoms with Crippen LogP contribution in [0.4, 0.5) is 5.69 Å². The van der Waals surface area contributed by atoms with Gasteiger partial charge in [-0.25, -0.2) is 4.99 Å². The topological polar surface area (TPSA) is 80.0 Å². The van der Waals surface area contributed by atoms with E-state index in [4.69, 9.17) is 17.9 Å². The zero-order valence-corrected chi connectivity index (χ0v) is 11.9. The quantitative estimate of drug-likeness (QED) is 0.770. The molecule has 5 nitrogen and oxygen atoms in total. The SMILES string of the molecule is C#Cc1ccccc1N1C(N)=NC(N)=NC12CCCCC2. The van der Waals surface area contributed by atoms with Crippen molar-refractivity contribution in [3.8, 4) is 12.3 Å². The van der Waals surface area contributed by atoms with E-state index in [1.54, 1.807) is 0 Å². The first kappa shape index (κ1) is 13.5. The summed E-state index contributed by atoms with van der Waals surface area (Å²) in [4.78, 5) is 10.8. The zero-order chi connectivity index (χ0) is 14.9. The molecule has 1 fully saturated rings. The number of para-hydroxylation sites is 1. The van der Waals surface area contributed by atoms with Crippen molar-refractivity contribution in [3.63, 3.8) is 0 Å². The average molecular weight is 281 g/mol. The molecule has 0 atom stereocenters. The summed E-state index contributed by atoms with van der Waals surface area (Å²) in [6.45, 7) is 0. The third kappa shape index (κ3) is 2.23. The Labute approximate surface area is 124 Å². The molecule has 0 saturated heterocycles. The summed E-state index contributed by atoms with van der Waals surface area (Å²) in [5.41, 5.74) is 13.3. The fourth-order valence-electron chi connectivity index (χ4n) is 3.26. The monoisotopic (exact) mass is 281 g/mol. The first-order valence-electron chi connectivity index (χ1n) is 7.22. The van der Waals surface area contributed by atoms with Gasteiger partial charge in [-0.1, -0.05) is 24.5 Å². The van der Waals surface area contributed by atoms with Gasteiger partial charge in [0.15, 0.2) is 0 Å². The van der Waals surface area contributed by atoms with Crippen LogP contribution in [0.15, 0.2) is 34.3 Å². The number of nitrogens with two attached hydrogens (primary N) is 2. The van der Waals surface area contributed by atoms with Crippen LogP contribution in [0.2, 0.25) is 0 Å². The van der Waals surface area contributed by atoms with E-state index in [1.807, 2.05) is 29.2 Å². The largest absolute Gasteiger partial charge is 0.369 e. The Morgan fingerprint density at radius 2 is 1.86 bits per heavy atom. The molecular weight excluding hydrogens is 262 g/mol. The van der Waals surface area contributed by atoms with E-state index in [1.165, 1.54) is 6.42 Å². The van der Waals surface area contributed by atoms with Crippen molar-refractivity contribution in [1.29, 1.82) is 0 Å². The van der Waals surface area contributed by atoms with Gasteiger partial charge < -0.3 is 11.5 Å². The fourth-order valence-corrected chi connectivity index (χ4v) is 3.26. The highest BCUT2D eigenvalue weighted by atomic mass is 15.4. The Morgan fingerprint density at radius 3 is 2.57 bits per heavy atom. The molecule has 0 unspecified atom stereocenters. The molecule has 1 aromatic carbocycles. The van der Waals surface area contributed by atoms with Crippen molar-refractivity contribution in [1.82, 2.24) is 0 Å². The van der Waals surface area contributed by atoms with E-state index >= 15 is 0 Å². The van der Waals surface area contributed by atoms with Gasteiger partial charge in [0.1, 0.15) is 5.66 Å². The molecule has 0 bridgehead atoms. The van der Waals surface area contributed by atoms with Crippen LogP contribution in [0.5, 0.6) is 0 Å². The van der Waals surface area contributed by atoms with Crippen LogP contribution in [0, 0.1) is 12.3 Å². The predicted molar refractivity (Wildman–Crippen MR) is 85.9 cm³/mol. The van der Waals surface area contributed by atoms with Crippen molar-refractivity contribution in [3.05, 3.63) is 29.8 Å². The van der Waals surface area contributed by atoms with Crippen molar-refractivity contribution >= 4 is 17.6 Å². The molecule has 4 N–H and O–H groups in total. The van der Waals surface area contributed by atoms with Gasteiger partial charge in [0, 0.05) is 5.56 Å². The van der Waals surface area contributed by atoms with E-state index in [-0.39, 0.29) is 5.96 Å². The molecule has 1 spiro atoms. The van der Waals surface area contributed by atoms with Gasteiger partial charge in [-0.15, -0.1) is 6.42 Å². The van der Waals surface area contributed by atoms with E-state index in [2.05, 4.69) is 15.9 Å². The third-order valence-corrected chi connectivity index (χ3v) is 4.15. The smallest absolute Gasteiger partial charge is 0.220 e. The average Bonchev–Trinajstić information content (AvgIpc) is 2.47. The number of hydrogen-bond donors (Lipinski definition) is 2. The highest BCUT2D eigenvalue weighted by Gasteiger charge is 2.43. The van der Waals surface area contributed by atoms with Crippen LogP contribution in [0.1, 0.15) is 37.7 Å². The molecule has 0 radical (unpaired) electrons. The fraction of sp³-hybridized carbons (Fsp3) is 0.375. The second-order valence-corrected chi connectivity index (χ2v) is 5.48. The number of nitrogens with zero attached hydrogens (tertiary/aromatic N) is 3. The van der Waals surface area contributed by atoms with Crippen LogP contribution >= 0.6 is 0 Å². The zero-order valence-electron chi connectivity index (χ0n) is 11.9. The predicted octanol–water partition coefficient (Wildman–Crippen LogP) is 1.78. The summed E-state index contributed by atoms with van der Waals surface area (Å²) in [6.07, 6.45) is 10.8. The van der Waals surface area contributed by atoms with Crippen molar-refractivity contribution < 1.29 is 0 Å². The Kier molecular flexibility index (Phi) is 3.30. The van der Waals surface area contributed by atoms with Gasteiger partial charge in [-0.3, -0.25) is 4.90 Å². The molecule has 1 heterocycles. The number of guanidine groups is 2. The van der Waals surface area contributed by atoms with Gasteiger partial charge in [0.05, 0.1) is 5.69 Å². The minimum atomic E-state index is -0.443. The highest BCUT2D eigenvalue weighted by Crippen LogP contribution is 2.40. The maximum atomic E-state index is 6.18. The minimum Gasteiger partial charge on any atom is -0.369 e. The summed E-state index contributed by atoms with van der Waals surface area (Å²) in [6, 6.07) is 7.73. The molecule has 2 aliphatic rings. The van der Waals surface area contributed by atoms with E-state index < -0.39 is 5.66 Å². The lowest BCUT2D eigenvalue weighted by atomic mass is 9.87. The second-order valence-electron chi connectivity index (χ2n) is 5.48. The van der Waals surface area contributed by atoms with Gasteiger partial charge in [-0.2, -0.15) is 4.99 Å². The summed E-state index contributed by atoms with van der Waals surface area (Å²) < 4.78 is 0. The van der Waals surface area contributed by atoms with Gasteiger partial charge >= 0.3 is 0 Å². The summed E-state index contributed by atoms with van der Waals surface area (Å²) >= 11 is 0. The number of aliphatic imine (C=N–C) groups is 2. The van der Waals surface area contributed by atoms with Crippen LogP contribution in [0.25, 0.3) is 0 Å². The standard InChI is InChI=1S/C16H19N5/c1-2-12-8-4-5-9-13(12)21-15(18)19-14(17)20-16(21)10-6-3-7-11-16/h1,4-5,8-9H,3,6-7,10-11H2,(H4,17,18,19,20). The number of anilines is 1. The Balaban J connectivity index is 2.14. The normalized spacial score (nSPS) is 20.6. The molecule has 0 amide bonds. The van der Waals surface area contributed by atoms with E-state index in [0.29, 0.717) is 5.96 Å². The van der Waals surface area contributed by atoms with Crippen LogP contribution in [0.3, 0.4) is 0 Å². The third-order valence-electron chi connectivity index (χ3n) is 4.15. The highest BCUT2D eigenvalue weighted by molar-refractivity contribution is 6.06. The summed E-state index contributed by atoms with van der Waals surface area (Å²) in [5, 5.41) is 0. The van der Waals surface area contributed by atoms with Crippen LogP contribution < -0.4 is 16.4 Å². The van der Waals surface area contributed by atoms with Gasteiger partial charge in [0.2, 0.25) is 11.9 Å². The first-order chi connectivity index (χ1) is 10.2. The Morgan fingerprint density at radius 1 is 1.14 bits per heavy atom. The lowest BCUT2D eigenvalue weighted by Crippen LogP contribution is -2.58. The Bertz CT molecular complexity index is 647. The van der Waals surface area contributed by atoms with Crippen LogP contribution in [-0.4, -0.2) is 17.6 Å². The van der Waals surface area contributed by atoms with Crippen molar-refractivity contribution in [2.75, 3.05) is 4.90 Å². The maximum Gasteiger partial charge on any atom is 0.220 e. The molecule has 1 aliphatic heterocycles. The van der Waals surface area contributed by atoms with Gasteiger partial charge in [-0.05, 0) is 37.8 Å². The number of terminal acetylenes is 1. The van der Waals surface area contributed by atoms with Crippen molar-refractivity contribution in [2.24, 2.45) is 21.5 Å². The minimum absolute atomic E-state index is 0.254. The summed E-state index contributed by atoms with van der Waals surface area (Å²) in [7, 11) is 0. The number of rotatable bonds is 1. The summed E-state index contributed by atoms with van der Waals surface area (Å²) in [5.74, 6) is 3.34. The first-order valence-corrected chi connectivity index (χ1v) is 7.22. The van der Waals surface area contributed by atoms with Gasteiger partial charge in [0.25, 0.3) is 0 Å². The van der Waals surface area contributed by atoms with E-state index in [9.17, 15) is 0 Å². The molecule has 1 aliphatic carbocycles. The van der Waals surface area contributed by atoms with Crippen molar-refractivity contribution in [2.45, 2.75) is 37.8 Å². The molecular formula is C16H19N5. The Hall–Kier alpha value is -2.48. The van der Waals surface area contributed by atoms with E-state index in [0.717, 1.165) is 36.9 Å². The van der Waals surface area contributed by atoms with Crippen LogP contribution in [-0.2, 0) is 0 Å². The maximum absolute atomic E-state index is 6.18. The number of hydrogen-bond acceptors (Lipinski definition) is 5. The molecule has 1 aromatic rings. The molecule has 3 rings (SSSR count). The lowest BCUT2D eigenvalue weighted by Gasteiger charge is -2.45. The lowest BCUT2D eigenvalue weighted by molar-refractivity contribution is 0.305.